The number of aromatic nitrogens is 1. The molecular weight excluding hydrogens is 296 g/mol. The molecule has 0 amide bonds. The first-order valence-electron chi connectivity index (χ1n) is 7.08. The molecule has 4 heteroatoms. The van der Waals surface area contributed by atoms with Gasteiger partial charge in [0.2, 0.25) is 0 Å². The van der Waals surface area contributed by atoms with Gasteiger partial charge in [0.25, 0.3) is 0 Å². The van der Waals surface area contributed by atoms with E-state index in [9.17, 15) is 0 Å². The van der Waals surface area contributed by atoms with E-state index < -0.39 is 0 Å². The van der Waals surface area contributed by atoms with Crippen molar-refractivity contribution >= 4 is 29.3 Å². The highest BCUT2D eigenvalue weighted by atomic mass is 32.2. The summed E-state index contributed by atoms with van der Waals surface area (Å²) in [7, 11) is 0. The van der Waals surface area contributed by atoms with E-state index in [0.717, 1.165) is 16.6 Å². The van der Waals surface area contributed by atoms with Gasteiger partial charge in [-0.1, -0.05) is 30.3 Å². The molecule has 0 spiro atoms. The predicted molar refractivity (Wildman–Crippen MR) is 94.1 cm³/mol. The van der Waals surface area contributed by atoms with Crippen molar-refractivity contribution in [1.82, 2.24) is 4.98 Å². The van der Waals surface area contributed by atoms with E-state index in [1.165, 1.54) is 28.2 Å². The van der Waals surface area contributed by atoms with Gasteiger partial charge in [-0.25, -0.2) is 4.98 Å². The van der Waals surface area contributed by atoms with Crippen LogP contribution in [0.15, 0.2) is 52.1 Å². The zero-order valence-electron chi connectivity index (χ0n) is 12.2. The number of nitrogens with zero attached hydrogens (tertiary/aromatic N) is 2. The van der Waals surface area contributed by atoms with Crippen molar-refractivity contribution in [2.75, 3.05) is 6.26 Å². The summed E-state index contributed by atoms with van der Waals surface area (Å²) in [4.78, 5) is 11.7. The zero-order chi connectivity index (χ0) is 14.7. The molecule has 1 aliphatic carbocycles. The van der Waals surface area contributed by atoms with Gasteiger partial charge in [0, 0.05) is 16.8 Å². The Labute approximate surface area is 134 Å². The van der Waals surface area contributed by atoms with Gasteiger partial charge in [0.05, 0.1) is 11.1 Å². The van der Waals surface area contributed by atoms with Crippen molar-refractivity contribution in [3.63, 3.8) is 0 Å². The van der Waals surface area contributed by atoms with Crippen LogP contribution in [0, 0.1) is 5.92 Å². The number of hydrogen-bond donors (Lipinski definition) is 0. The van der Waals surface area contributed by atoms with Crippen molar-refractivity contribution in [2.24, 2.45) is 10.9 Å². The maximum atomic E-state index is 4.62. The largest absolute Gasteiger partial charge is 0.258 e. The molecule has 1 aromatic heterocycles. The quantitative estimate of drug-likeness (QED) is 0.706. The number of benzene rings is 1. The lowest BCUT2D eigenvalue weighted by atomic mass is 10.2. The van der Waals surface area contributed by atoms with Gasteiger partial charge in [0.1, 0.15) is 5.01 Å². The van der Waals surface area contributed by atoms with Crippen LogP contribution in [0.1, 0.15) is 24.8 Å². The molecule has 1 fully saturated rings. The first-order valence-corrected chi connectivity index (χ1v) is 9.12. The van der Waals surface area contributed by atoms with E-state index in [1.807, 2.05) is 30.2 Å². The normalized spacial score (nSPS) is 16.3. The second-order valence-electron chi connectivity index (χ2n) is 5.12. The number of hydrogen-bond acceptors (Lipinski definition) is 4. The maximum Gasteiger partial charge on any atom is 0.134 e. The van der Waals surface area contributed by atoms with E-state index in [0.29, 0.717) is 0 Å². The van der Waals surface area contributed by atoms with E-state index >= 15 is 0 Å². The maximum absolute atomic E-state index is 4.62. The Morgan fingerprint density at radius 3 is 2.76 bits per heavy atom. The molecule has 1 aliphatic rings. The molecule has 0 atom stereocenters. The SMILES string of the molecule is CS/C(=C(C)\N=C\c1ncc(-c2ccccc2)s1)C1CC1. The van der Waals surface area contributed by atoms with Crippen LogP contribution in [0.2, 0.25) is 0 Å². The average molecular weight is 314 g/mol. The van der Waals surface area contributed by atoms with E-state index in [-0.39, 0.29) is 0 Å². The molecule has 1 aromatic carbocycles. The van der Waals surface area contributed by atoms with Gasteiger partial charge in [-0.2, -0.15) is 0 Å². The van der Waals surface area contributed by atoms with Crippen LogP contribution < -0.4 is 0 Å². The van der Waals surface area contributed by atoms with E-state index in [1.54, 1.807) is 11.3 Å². The third-order valence-electron chi connectivity index (χ3n) is 3.48. The fourth-order valence-electron chi connectivity index (χ4n) is 2.25. The van der Waals surface area contributed by atoms with Crippen LogP contribution in [0.3, 0.4) is 0 Å². The molecule has 0 unspecified atom stereocenters. The Bertz CT molecular complexity index is 667. The van der Waals surface area contributed by atoms with Crippen LogP contribution in [0.25, 0.3) is 10.4 Å². The standard InChI is InChI=1S/C17H18N2S2/c1-12(17(20-2)14-8-9-14)18-11-16-19-10-15(21-16)13-6-4-3-5-7-13/h3-7,10-11,14H,8-9H2,1-2H3/b17-12-,18-11+. The number of thioether (sulfide) groups is 1. The second-order valence-corrected chi connectivity index (χ2v) is 7.03. The summed E-state index contributed by atoms with van der Waals surface area (Å²) in [6.45, 7) is 2.10. The Kier molecular flexibility index (Phi) is 4.56. The molecule has 0 N–H and O–H groups in total. The van der Waals surface area contributed by atoms with Gasteiger partial charge in [0.15, 0.2) is 0 Å². The highest BCUT2D eigenvalue weighted by molar-refractivity contribution is 8.02. The van der Waals surface area contributed by atoms with Crippen LogP contribution in [0.4, 0.5) is 0 Å². The topological polar surface area (TPSA) is 25.2 Å². The van der Waals surface area contributed by atoms with Crippen LogP contribution in [0.5, 0.6) is 0 Å². The molecule has 0 aliphatic heterocycles. The first kappa shape index (κ1) is 14.5. The second kappa shape index (κ2) is 6.58. The lowest BCUT2D eigenvalue weighted by Gasteiger charge is -2.03. The summed E-state index contributed by atoms with van der Waals surface area (Å²) in [5.74, 6) is 0.758. The summed E-state index contributed by atoms with van der Waals surface area (Å²) in [5, 5.41) is 0.962. The fourth-order valence-corrected chi connectivity index (χ4v) is 3.97. The van der Waals surface area contributed by atoms with E-state index in [4.69, 9.17) is 0 Å². The van der Waals surface area contributed by atoms with Crippen molar-refractivity contribution in [2.45, 2.75) is 19.8 Å². The number of thiazole rings is 1. The monoisotopic (exact) mass is 314 g/mol. The summed E-state index contributed by atoms with van der Waals surface area (Å²) in [6.07, 6.45) is 8.60. The molecule has 1 saturated carbocycles. The minimum Gasteiger partial charge on any atom is -0.258 e. The van der Waals surface area contributed by atoms with Crippen molar-refractivity contribution in [1.29, 1.82) is 0 Å². The first-order chi connectivity index (χ1) is 10.3. The third kappa shape index (κ3) is 3.63. The molecule has 0 bridgehead atoms. The number of allylic oxidation sites excluding steroid dienone is 2. The lowest BCUT2D eigenvalue weighted by Crippen LogP contribution is -1.86. The Morgan fingerprint density at radius 1 is 1.33 bits per heavy atom. The van der Waals surface area contributed by atoms with Crippen molar-refractivity contribution in [3.05, 3.63) is 52.1 Å². The number of rotatable bonds is 5. The molecule has 2 aromatic rings. The van der Waals surface area contributed by atoms with Gasteiger partial charge in [-0.15, -0.1) is 23.1 Å². The summed E-state index contributed by atoms with van der Waals surface area (Å²) in [5.41, 5.74) is 2.35. The van der Waals surface area contributed by atoms with Gasteiger partial charge >= 0.3 is 0 Å². The minimum absolute atomic E-state index is 0.758. The minimum atomic E-state index is 0.758. The van der Waals surface area contributed by atoms with Crippen LogP contribution in [-0.2, 0) is 0 Å². The van der Waals surface area contributed by atoms with Gasteiger partial charge < -0.3 is 0 Å². The fraction of sp³-hybridized carbons (Fsp3) is 0.294. The highest BCUT2D eigenvalue weighted by Gasteiger charge is 2.26. The molecule has 3 rings (SSSR count). The molecule has 2 nitrogen and oxygen atoms in total. The number of aliphatic imine (C=N–C) groups is 1. The van der Waals surface area contributed by atoms with Crippen LogP contribution in [-0.4, -0.2) is 17.5 Å². The molecule has 21 heavy (non-hydrogen) atoms. The molecule has 1 heterocycles. The summed E-state index contributed by atoms with van der Waals surface area (Å²) >= 11 is 3.52. The third-order valence-corrected chi connectivity index (χ3v) is 5.52. The Hall–Kier alpha value is -1.39. The molecule has 0 radical (unpaired) electrons. The molecular formula is C17H18N2S2. The summed E-state index contributed by atoms with van der Waals surface area (Å²) < 4.78 is 0. The molecule has 108 valence electrons. The Balaban J connectivity index is 1.77. The lowest BCUT2D eigenvalue weighted by molar-refractivity contribution is 1.05. The summed E-state index contributed by atoms with van der Waals surface area (Å²) in [6, 6.07) is 10.4. The Morgan fingerprint density at radius 2 is 2.10 bits per heavy atom. The van der Waals surface area contributed by atoms with Gasteiger partial charge in [-0.05, 0) is 37.5 Å². The predicted octanol–water partition coefficient (Wildman–Crippen LogP) is 5.23. The smallest absolute Gasteiger partial charge is 0.134 e. The highest BCUT2D eigenvalue weighted by Crippen LogP contribution is 2.43. The molecule has 0 saturated heterocycles. The zero-order valence-corrected chi connectivity index (χ0v) is 13.9. The van der Waals surface area contributed by atoms with Crippen molar-refractivity contribution < 1.29 is 0 Å². The average Bonchev–Trinajstić information content (AvgIpc) is 3.24. The van der Waals surface area contributed by atoms with E-state index in [2.05, 4.69) is 47.4 Å². The van der Waals surface area contributed by atoms with Gasteiger partial charge in [-0.3, -0.25) is 4.99 Å². The van der Waals surface area contributed by atoms with Crippen LogP contribution >= 0.6 is 23.1 Å². The van der Waals surface area contributed by atoms with Crippen molar-refractivity contribution in [3.8, 4) is 10.4 Å².